The van der Waals surface area contributed by atoms with Crippen LogP contribution in [0.5, 0.6) is 0 Å². The number of carbonyl (C=O) groups excluding carboxylic acids is 1. The van der Waals surface area contributed by atoms with Crippen LogP contribution in [-0.2, 0) is 4.79 Å². The summed E-state index contributed by atoms with van der Waals surface area (Å²) in [6.07, 6.45) is 0.770. The number of aliphatic hydroxyl groups excluding tert-OH is 1. The minimum Gasteiger partial charge on any atom is -0.393 e. The summed E-state index contributed by atoms with van der Waals surface area (Å²) in [4.78, 5) is 10.5. The van der Waals surface area contributed by atoms with Crippen molar-refractivity contribution in [3.05, 3.63) is 0 Å². The molecule has 3 N–H and O–H groups in total. The van der Waals surface area contributed by atoms with Crippen LogP contribution in [0.15, 0.2) is 0 Å². The Hall–Kier alpha value is -0.570. The molecule has 0 spiro atoms. The Morgan fingerprint density at radius 1 is 1.70 bits per heavy atom. The highest BCUT2D eigenvalue weighted by atomic mass is 16.3. The number of rotatable bonds is 4. The van der Waals surface area contributed by atoms with Crippen LogP contribution < -0.4 is 5.73 Å². The fraction of sp³-hybridized carbons (Fsp3) is 0.857. The van der Waals surface area contributed by atoms with Gasteiger partial charge < -0.3 is 10.8 Å². The van der Waals surface area contributed by atoms with Gasteiger partial charge in [-0.15, -0.1) is 0 Å². The van der Waals surface area contributed by atoms with Crippen molar-refractivity contribution in [1.82, 2.24) is 0 Å². The summed E-state index contributed by atoms with van der Waals surface area (Å²) in [7, 11) is 0. The third-order valence-electron chi connectivity index (χ3n) is 1.58. The van der Waals surface area contributed by atoms with Crippen LogP contribution in [0.2, 0.25) is 0 Å². The van der Waals surface area contributed by atoms with Gasteiger partial charge in [-0.1, -0.05) is 13.8 Å². The molecule has 0 aromatic carbocycles. The number of carbonyl (C=O) groups is 1. The predicted molar refractivity (Wildman–Crippen MR) is 39.3 cm³/mol. The SMILES string of the molecule is CCC(O)CC(C)C(N)=O. The molecule has 0 aromatic heterocycles. The first-order chi connectivity index (χ1) is 4.57. The Kier molecular flexibility index (Phi) is 4.03. The zero-order chi connectivity index (χ0) is 8.15. The molecule has 3 heteroatoms. The molecule has 60 valence electrons. The van der Waals surface area contributed by atoms with Gasteiger partial charge in [-0.3, -0.25) is 4.79 Å². The van der Waals surface area contributed by atoms with Gasteiger partial charge in [0.2, 0.25) is 5.91 Å². The van der Waals surface area contributed by atoms with Gasteiger partial charge >= 0.3 is 0 Å². The van der Waals surface area contributed by atoms with Gasteiger partial charge in [-0.05, 0) is 12.8 Å². The lowest BCUT2D eigenvalue weighted by Gasteiger charge is -2.10. The highest BCUT2D eigenvalue weighted by molar-refractivity contribution is 5.76. The quantitative estimate of drug-likeness (QED) is 0.596. The summed E-state index contributed by atoms with van der Waals surface area (Å²) in [5.41, 5.74) is 4.99. The number of hydrogen-bond donors (Lipinski definition) is 2. The van der Waals surface area contributed by atoms with Gasteiger partial charge in [0, 0.05) is 5.92 Å². The Bertz CT molecular complexity index is 114. The normalized spacial score (nSPS) is 16.3. The van der Waals surface area contributed by atoms with Crippen LogP contribution in [0.4, 0.5) is 0 Å². The molecular weight excluding hydrogens is 130 g/mol. The lowest BCUT2D eigenvalue weighted by atomic mass is 10.0. The fourth-order valence-corrected chi connectivity index (χ4v) is 0.691. The molecule has 0 saturated carbocycles. The number of hydrogen-bond acceptors (Lipinski definition) is 2. The maximum Gasteiger partial charge on any atom is 0.220 e. The highest BCUT2D eigenvalue weighted by Gasteiger charge is 2.12. The Labute approximate surface area is 61.2 Å². The lowest BCUT2D eigenvalue weighted by molar-refractivity contribution is -0.122. The van der Waals surface area contributed by atoms with Crippen molar-refractivity contribution in [2.24, 2.45) is 11.7 Å². The van der Waals surface area contributed by atoms with Crippen molar-refractivity contribution in [3.8, 4) is 0 Å². The Morgan fingerprint density at radius 3 is 2.50 bits per heavy atom. The van der Waals surface area contributed by atoms with Gasteiger partial charge in [0.05, 0.1) is 6.10 Å². The average molecular weight is 145 g/mol. The van der Waals surface area contributed by atoms with E-state index in [9.17, 15) is 4.79 Å². The number of aliphatic hydroxyl groups is 1. The maximum absolute atomic E-state index is 10.5. The van der Waals surface area contributed by atoms with E-state index in [1.807, 2.05) is 6.92 Å². The number of amides is 1. The molecule has 0 radical (unpaired) electrons. The first kappa shape index (κ1) is 9.43. The topological polar surface area (TPSA) is 63.3 Å². The summed E-state index contributed by atoms with van der Waals surface area (Å²) >= 11 is 0. The Morgan fingerprint density at radius 2 is 2.20 bits per heavy atom. The molecule has 0 bridgehead atoms. The number of nitrogens with two attached hydrogens (primary N) is 1. The first-order valence-electron chi connectivity index (χ1n) is 3.55. The van der Waals surface area contributed by atoms with Crippen LogP contribution >= 0.6 is 0 Å². The predicted octanol–water partition coefficient (Wildman–Crippen LogP) is 0.269. The largest absolute Gasteiger partial charge is 0.393 e. The van der Waals surface area contributed by atoms with Crippen molar-refractivity contribution in [2.75, 3.05) is 0 Å². The minimum atomic E-state index is -0.387. The van der Waals surface area contributed by atoms with Crippen LogP contribution in [-0.4, -0.2) is 17.1 Å². The summed E-state index contributed by atoms with van der Waals surface area (Å²) in [6, 6.07) is 0. The monoisotopic (exact) mass is 145 g/mol. The Balaban J connectivity index is 3.56. The smallest absolute Gasteiger partial charge is 0.220 e. The minimum absolute atomic E-state index is 0.213. The standard InChI is InChI=1S/C7H15NO2/c1-3-6(9)4-5(2)7(8)10/h5-6,9H,3-4H2,1-2H3,(H2,8,10). The van der Waals surface area contributed by atoms with E-state index >= 15 is 0 Å². The van der Waals surface area contributed by atoms with E-state index in [4.69, 9.17) is 10.8 Å². The van der Waals surface area contributed by atoms with E-state index in [-0.39, 0.29) is 17.9 Å². The molecule has 0 heterocycles. The van der Waals surface area contributed by atoms with Crippen LogP contribution in [0.1, 0.15) is 26.7 Å². The second-order valence-corrected chi connectivity index (χ2v) is 2.60. The van der Waals surface area contributed by atoms with E-state index in [1.54, 1.807) is 6.92 Å². The van der Waals surface area contributed by atoms with Gasteiger partial charge in [-0.25, -0.2) is 0 Å². The molecule has 10 heavy (non-hydrogen) atoms. The van der Waals surface area contributed by atoms with Crippen LogP contribution in [0.3, 0.4) is 0 Å². The van der Waals surface area contributed by atoms with E-state index in [0.29, 0.717) is 12.8 Å². The van der Waals surface area contributed by atoms with Crippen LogP contribution in [0.25, 0.3) is 0 Å². The summed E-state index contributed by atoms with van der Waals surface area (Å²) < 4.78 is 0. The van der Waals surface area contributed by atoms with Gasteiger partial charge in [-0.2, -0.15) is 0 Å². The molecule has 0 aliphatic rings. The summed E-state index contributed by atoms with van der Waals surface area (Å²) in [5, 5.41) is 9.07. The molecule has 2 unspecified atom stereocenters. The van der Waals surface area contributed by atoms with E-state index in [1.165, 1.54) is 0 Å². The molecule has 1 amide bonds. The summed E-state index contributed by atoms with van der Waals surface area (Å²) in [5.74, 6) is -0.553. The van der Waals surface area contributed by atoms with Crippen LogP contribution in [0, 0.1) is 5.92 Å². The summed E-state index contributed by atoms with van der Waals surface area (Å²) in [6.45, 7) is 3.60. The van der Waals surface area contributed by atoms with Crippen molar-refractivity contribution < 1.29 is 9.90 Å². The maximum atomic E-state index is 10.5. The number of primary amides is 1. The average Bonchev–Trinajstić information content (AvgIpc) is 1.87. The van der Waals surface area contributed by atoms with Crippen molar-refractivity contribution in [1.29, 1.82) is 0 Å². The molecular formula is C7H15NO2. The fourth-order valence-electron chi connectivity index (χ4n) is 0.691. The third kappa shape index (κ3) is 3.45. The van der Waals surface area contributed by atoms with Gasteiger partial charge in [0.1, 0.15) is 0 Å². The molecule has 0 rings (SSSR count). The van der Waals surface area contributed by atoms with E-state index in [0.717, 1.165) is 0 Å². The second kappa shape index (κ2) is 4.28. The molecule has 0 aliphatic heterocycles. The van der Waals surface area contributed by atoms with Gasteiger partial charge in [0.25, 0.3) is 0 Å². The highest BCUT2D eigenvalue weighted by Crippen LogP contribution is 2.06. The van der Waals surface area contributed by atoms with Crippen molar-refractivity contribution in [3.63, 3.8) is 0 Å². The molecule has 0 aliphatic carbocycles. The third-order valence-corrected chi connectivity index (χ3v) is 1.58. The second-order valence-electron chi connectivity index (χ2n) is 2.60. The van der Waals surface area contributed by atoms with E-state index in [2.05, 4.69) is 0 Å². The zero-order valence-electron chi connectivity index (χ0n) is 6.50. The molecule has 0 saturated heterocycles. The van der Waals surface area contributed by atoms with Gasteiger partial charge in [0.15, 0.2) is 0 Å². The van der Waals surface area contributed by atoms with Crippen molar-refractivity contribution >= 4 is 5.91 Å². The molecule has 0 aromatic rings. The molecule has 0 fully saturated rings. The zero-order valence-corrected chi connectivity index (χ0v) is 6.50. The molecule has 2 atom stereocenters. The molecule has 3 nitrogen and oxygen atoms in total. The van der Waals surface area contributed by atoms with E-state index < -0.39 is 0 Å². The lowest BCUT2D eigenvalue weighted by Crippen LogP contribution is -2.24. The van der Waals surface area contributed by atoms with Crippen molar-refractivity contribution in [2.45, 2.75) is 32.8 Å². The first-order valence-corrected chi connectivity index (χ1v) is 3.55.